The van der Waals surface area contributed by atoms with E-state index in [1.54, 1.807) is 31.3 Å². The lowest BCUT2D eigenvalue weighted by Crippen LogP contribution is -2.58. The van der Waals surface area contributed by atoms with Gasteiger partial charge in [0.15, 0.2) is 0 Å². The summed E-state index contributed by atoms with van der Waals surface area (Å²) in [6.45, 7) is 6.82. The molecule has 4 heterocycles. The zero-order chi connectivity index (χ0) is 23.6. The van der Waals surface area contributed by atoms with Gasteiger partial charge in [-0.25, -0.2) is 9.59 Å². The van der Waals surface area contributed by atoms with Crippen LogP contribution in [0.2, 0.25) is 0 Å². The first-order valence-corrected chi connectivity index (χ1v) is 11.3. The monoisotopic (exact) mass is 457 g/mol. The second-order valence-corrected chi connectivity index (χ2v) is 9.33. The molecule has 10 heteroatoms. The van der Waals surface area contributed by atoms with E-state index >= 15 is 0 Å². The number of likely N-dealkylation sites (N-methyl/N-ethyl adjacent to an activating group) is 1. The number of amides is 2. The van der Waals surface area contributed by atoms with E-state index < -0.39 is 23.5 Å². The summed E-state index contributed by atoms with van der Waals surface area (Å²) in [5.41, 5.74) is 0.304. The lowest BCUT2D eigenvalue weighted by atomic mass is 9.81. The molecule has 3 fully saturated rings. The van der Waals surface area contributed by atoms with Crippen LogP contribution < -0.4 is 5.32 Å². The second kappa shape index (κ2) is 9.48. The summed E-state index contributed by atoms with van der Waals surface area (Å²) in [4.78, 5) is 47.2. The maximum atomic E-state index is 12.7. The van der Waals surface area contributed by atoms with Crippen LogP contribution in [-0.2, 0) is 14.3 Å². The summed E-state index contributed by atoms with van der Waals surface area (Å²) in [7, 11) is 2.09. The number of ether oxygens (including phenoxy) is 1. The lowest BCUT2D eigenvalue weighted by Gasteiger charge is -2.40. The number of rotatable bonds is 7. The first-order valence-electron chi connectivity index (χ1n) is 11.3. The van der Waals surface area contributed by atoms with E-state index in [9.17, 15) is 19.5 Å². The van der Waals surface area contributed by atoms with E-state index in [1.165, 1.54) is 4.90 Å². The topological polar surface area (TPSA) is 115 Å². The summed E-state index contributed by atoms with van der Waals surface area (Å²) < 4.78 is 5.42. The van der Waals surface area contributed by atoms with Gasteiger partial charge in [0, 0.05) is 56.5 Å². The van der Waals surface area contributed by atoms with Crippen LogP contribution in [0.4, 0.5) is 4.79 Å². The summed E-state index contributed by atoms with van der Waals surface area (Å²) >= 11 is 0. The molecule has 3 aliphatic rings. The third-order valence-corrected chi connectivity index (χ3v) is 6.83. The van der Waals surface area contributed by atoms with Gasteiger partial charge in [0.1, 0.15) is 12.6 Å². The van der Waals surface area contributed by atoms with Gasteiger partial charge in [0.25, 0.3) is 5.91 Å². The molecule has 0 radical (unpaired) electrons. The van der Waals surface area contributed by atoms with Crippen LogP contribution in [0.15, 0.2) is 30.0 Å². The van der Waals surface area contributed by atoms with Gasteiger partial charge in [-0.15, -0.1) is 0 Å². The van der Waals surface area contributed by atoms with E-state index in [0.29, 0.717) is 24.2 Å². The molecule has 3 aliphatic heterocycles. The number of aromatic nitrogens is 1. The Morgan fingerprint density at radius 3 is 2.73 bits per heavy atom. The standard InChI is InChI=1S/C23H31N5O5/c1-23(15-33-22(32)25-7-8-27-11-9-26(2)10-12-27)14-18-17(13-16-5-3-4-6-24-16)20(29)28(18)19(23)21(30)31/h3-6,13,18-19H,7-12,14-15H2,1-2H3,(H,25,32)(H,30,31)/b17-13+/t18?,19-,23-/m0/s1. The van der Waals surface area contributed by atoms with Gasteiger partial charge in [-0.1, -0.05) is 13.0 Å². The number of pyridine rings is 1. The number of carboxylic acids is 1. The van der Waals surface area contributed by atoms with Crippen molar-refractivity contribution in [2.24, 2.45) is 5.41 Å². The number of aliphatic carboxylic acids is 1. The van der Waals surface area contributed by atoms with Gasteiger partial charge >= 0.3 is 12.1 Å². The zero-order valence-electron chi connectivity index (χ0n) is 19.1. The lowest BCUT2D eigenvalue weighted by molar-refractivity contribution is -0.155. The molecule has 33 heavy (non-hydrogen) atoms. The highest BCUT2D eigenvalue weighted by Gasteiger charge is 2.62. The minimum atomic E-state index is -1.09. The average Bonchev–Trinajstić information content (AvgIpc) is 3.08. The number of piperazine rings is 1. The highest BCUT2D eigenvalue weighted by atomic mass is 16.5. The molecule has 4 rings (SSSR count). The van der Waals surface area contributed by atoms with Crippen LogP contribution in [-0.4, -0.2) is 108 Å². The number of hydrogen-bond acceptors (Lipinski definition) is 7. The molecule has 2 amide bonds. The SMILES string of the molecule is CN1CCN(CCNC(=O)OC[C@]2(C)CC3/C(=C\c4ccccn4)C(=O)N3[C@H]2C(=O)O)CC1. The highest BCUT2D eigenvalue weighted by Crippen LogP contribution is 2.49. The molecule has 0 saturated carbocycles. The van der Waals surface area contributed by atoms with Crippen LogP contribution in [0.3, 0.4) is 0 Å². The fraction of sp³-hybridized carbons (Fsp3) is 0.565. The molecule has 1 unspecified atom stereocenters. The largest absolute Gasteiger partial charge is 0.480 e. The fourth-order valence-corrected chi connectivity index (χ4v) is 4.91. The summed E-state index contributed by atoms with van der Waals surface area (Å²) in [6.07, 6.45) is 3.19. The van der Waals surface area contributed by atoms with Crippen LogP contribution in [0.5, 0.6) is 0 Å². The predicted octanol–water partition coefficient (Wildman–Crippen LogP) is 0.513. The fourth-order valence-electron chi connectivity index (χ4n) is 4.91. The third-order valence-electron chi connectivity index (χ3n) is 6.83. The first-order chi connectivity index (χ1) is 15.8. The number of fused-ring (bicyclic) bond motifs is 1. The zero-order valence-corrected chi connectivity index (χ0v) is 19.1. The molecule has 0 aromatic carbocycles. The Kier molecular flexibility index (Phi) is 6.66. The minimum absolute atomic E-state index is 0.0819. The maximum Gasteiger partial charge on any atom is 0.407 e. The molecule has 1 aromatic rings. The van der Waals surface area contributed by atoms with Crippen LogP contribution in [0, 0.1) is 5.41 Å². The van der Waals surface area contributed by atoms with Gasteiger partial charge in [-0.3, -0.25) is 14.7 Å². The van der Waals surface area contributed by atoms with Crippen molar-refractivity contribution in [2.75, 3.05) is 52.9 Å². The molecule has 3 atom stereocenters. The Balaban J connectivity index is 1.33. The molecule has 3 saturated heterocycles. The van der Waals surface area contributed by atoms with Crippen molar-refractivity contribution in [1.29, 1.82) is 0 Å². The predicted molar refractivity (Wildman–Crippen MR) is 120 cm³/mol. The second-order valence-electron chi connectivity index (χ2n) is 9.33. The Morgan fingerprint density at radius 1 is 1.30 bits per heavy atom. The van der Waals surface area contributed by atoms with Crippen LogP contribution in [0.1, 0.15) is 19.0 Å². The number of nitrogens with zero attached hydrogens (tertiary/aromatic N) is 4. The van der Waals surface area contributed by atoms with Gasteiger partial charge in [-0.2, -0.15) is 0 Å². The Labute approximate surface area is 193 Å². The maximum absolute atomic E-state index is 12.7. The van der Waals surface area contributed by atoms with Crippen molar-refractivity contribution in [2.45, 2.75) is 25.4 Å². The Bertz CT molecular complexity index is 930. The normalized spacial score (nSPS) is 29.0. The molecule has 0 aliphatic carbocycles. The Hall–Kier alpha value is -2.98. The highest BCUT2D eigenvalue weighted by molar-refractivity contribution is 6.08. The van der Waals surface area contributed by atoms with E-state index in [4.69, 9.17) is 4.74 Å². The Morgan fingerprint density at radius 2 is 2.06 bits per heavy atom. The third kappa shape index (κ3) is 4.86. The number of carbonyl (C=O) groups is 3. The van der Waals surface area contributed by atoms with Crippen molar-refractivity contribution >= 4 is 24.0 Å². The summed E-state index contributed by atoms with van der Waals surface area (Å²) in [6, 6.07) is 4.04. The van der Waals surface area contributed by atoms with E-state index in [1.807, 2.05) is 6.07 Å². The van der Waals surface area contributed by atoms with Gasteiger partial charge in [-0.05, 0) is 31.7 Å². The first kappa shape index (κ1) is 23.2. The number of β-lactam (4-membered cyclic amide) rings is 1. The quantitative estimate of drug-likeness (QED) is 0.450. The summed E-state index contributed by atoms with van der Waals surface area (Å²) in [5.74, 6) is -1.40. The molecule has 0 spiro atoms. The smallest absolute Gasteiger partial charge is 0.407 e. The van der Waals surface area contributed by atoms with Crippen molar-refractivity contribution in [3.63, 3.8) is 0 Å². The number of carboxylic acid groups (broad SMARTS) is 1. The molecule has 10 nitrogen and oxygen atoms in total. The number of carbonyl (C=O) groups excluding carboxylic acids is 2. The van der Waals surface area contributed by atoms with E-state index in [0.717, 1.165) is 32.7 Å². The van der Waals surface area contributed by atoms with E-state index in [2.05, 4.69) is 27.1 Å². The molecule has 178 valence electrons. The van der Waals surface area contributed by atoms with Gasteiger partial charge in [0.2, 0.25) is 0 Å². The molecular weight excluding hydrogens is 426 g/mol. The van der Waals surface area contributed by atoms with Crippen molar-refractivity contribution in [1.82, 2.24) is 25.0 Å². The molecular formula is C23H31N5O5. The van der Waals surface area contributed by atoms with Gasteiger partial charge < -0.3 is 25.0 Å². The van der Waals surface area contributed by atoms with Crippen molar-refractivity contribution in [3.05, 3.63) is 35.7 Å². The van der Waals surface area contributed by atoms with Crippen LogP contribution >= 0.6 is 0 Å². The molecule has 2 N–H and O–H groups in total. The van der Waals surface area contributed by atoms with Crippen molar-refractivity contribution in [3.8, 4) is 0 Å². The molecule has 1 aromatic heterocycles. The number of alkyl carbamates (subject to hydrolysis) is 1. The minimum Gasteiger partial charge on any atom is -0.480 e. The summed E-state index contributed by atoms with van der Waals surface area (Å²) in [5, 5.41) is 12.6. The number of hydrogen-bond donors (Lipinski definition) is 2. The van der Waals surface area contributed by atoms with Crippen molar-refractivity contribution < 1.29 is 24.2 Å². The van der Waals surface area contributed by atoms with Gasteiger partial charge in [0.05, 0.1) is 11.7 Å². The van der Waals surface area contributed by atoms with Crippen LogP contribution in [0.25, 0.3) is 6.08 Å². The molecule has 0 bridgehead atoms. The number of nitrogens with one attached hydrogen (secondary N) is 1. The average molecular weight is 458 g/mol. The van der Waals surface area contributed by atoms with E-state index in [-0.39, 0.29) is 18.6 Å².